The molecule has 1 spiro atoms. The zero-order chi connectivity index (χ0) is 17.0. The Morgan fingerprint density at radius 2 is 1.96 bits per heavy atom. The van der Waals surface area contributed by atoms with Gasteiger partial charge in [0.05, 0.1) is 24.7 Å². The maximum atomic E-state index is 13.0. The lowest BCUT2D eigenvalue weighted by Crippen LogP contribution is -2.60. The molecule has 2 aromatic carbocycles. The molecule has 3 fully saturated rings. The van der Waals surface area contributed by atoms with E-state index >= 15 is 0 Å². The van der Waals surface area contributed by atoms with Gasteiger partial charge in [-0.2, -0.15) is 0 Å². The second-order valence-electron chi connectivity index (χ2n) is 7.82. The second kappa shape index (κ2) is 5.43. The Kier molecular flexibility index (Phi) is 3.29. The highest BCUT2D eigenvalue weighted by Gasteiger charge is 2.53. The third-order valence-corrected chi connectivity index (χ3v) is 6.00. The Morgan fingerprint density at radius 3 is 2.68 bits per heavy atom. The predicted octanol–water partition coefficient (Wildman–Crippen LogP) is 4.56. The molecule has 3 heteroatoms. The van der Waals surface area contributed by atoms with Crippen molar-refractivity contribution in [3.63, 3.8) is 0 Å². The van der Waals surface area contributed by atoms with Crippen LogP contribution in [0, 0.1) is 12.8 Å². The molecule has 6 rings (SSSR count). The van der Waals surface area contributed by atoms with Gasteiger partial charge >= 0.3 is 0 Å². The van der Waals surface area contributed by atoms with E-state index in [-0.39, 0.29) is 11.9 Å². The van der Waals surface area contributed by atoms with Crippen LogP contribution < -0.4 is 4.74 Å². The normalized spacial score (nSPS) is 30.2. The topological polar surface area (TPSA) is 35.5 Å². The van der Waals surface area contributed by atoms with Gasteiger partial charge in [0.25, 0.3) is 0 Å². The molecule has 3 unspecified atom stereocenters. The van der Waals surface area contributed by atoms with Crippen LogP contribution in [0.3, 0.4) is 0 Å². The molecule has 4 aliphatic rings. The highest BCUT2D eigenvalue weighted by atomic mass is 16.6. The lowest BCUT2D eigenvalue weighted by molar-refractivity contribution is -0.183. The SMILES string of the molecule is Cc1cccc(-c2ccc3c(c2)C(=O)CC2(CC4CCC2OC4)O3)c1. The van der Waals surface area contributed by atoms with Crippen LogP contribution in [0.5, 0.6) is 5.75 Å². The van der Waals surface area contributed by atoms with Crippen LogP contribution in [-0.4, -0.2) is 24.1 Å². The van der Waals surface area contributed by atoms with Crippen LogP contribution in [0.1, 0.15) is 41.6 Å². The van der Waals surface area contributed by atoms with Crippen molar-refractivity contribution in [2.75, 3.05) is 6.61 Å². The minimum atomic E-state index is -0.434. The van der Waals surface area contributed by atoms with Gasteiger partial charge in [-0.15, -0.1) is 0 Å². The summed E-state index contributed by atoms with van der Waals surface area (Å²) in [6.07, 6.45) is 3.66. The number of ketones is 1. The van der Waals surface area contributed by atoms with Gasteiger partial charge in [0.1, 0.15) is 11.4 Å². The minimum Gasteiger partial charge on any atom is -0.483 e. The van der Waals surface area contributed by atoms with Gasteiger partial charge in [-0.25, -0.2) is 0 Å². The first kappa shape index (κ1) is 15.2. The monoisotopic (exact) mass is 334 g/mol. The Labute approximate surface area is 148 Å². The number of Topliss-reactive ketones (excluding diaryl/α,β-unsaturated/α-hetero) is 1. The number of fused-ring (bicyclic) bond motifs is 3. The van der Waals surface area contributed by atoms with E-state index in [9.17, 15) is 4.79 Å². The lowest BCUT2D eigenvalue weighted by Gasteiger charge is -2.52. The van der Waals surface area contributed by atoms with Gasteiger partial charge in [-0.3, -0.25) is 4.79 Å². The fraction of sp³-hybridized carbons (Fsp3) is 0.409. The third kappa shape index (κ3) is 2.41. The van der Waals surface area contributed by atoms with Crippen LogP contribution >= 0.6 is 0 Å². The number of aryl methyl sites for hydroxylation is 1. The molecule has 3 aliphatic heterocycles. The summed E-state index contributed by atoms with van der Waals surface area (Å²) >= 11 is 0. The number of rotatable bonds is 1. The molecule has 3 atom stereocenters. The van der Waals surface area contributed by atoms with Crippen LogP contribution in [-0.2, 0) is 4.74 Å². The Bertz CT molecular complexity index is 848. The molecule has 3 nitrogen and oxygen atoms in total. The predicted molar refractivity (Wildman–Crippen MR) is 96.0 cm³/mol. The van der Waals surface area contributed by atoms with Crippen molar-refractivity contribution < 1.29 is 14.3 Å². The maximum absolute atomic E-state index is 13.0. The smallest absolute Gasteiger partial charge is 0.170 e. The van der Waals surface area contributed by atoms with E-state index in [2.05, 4.69) is 31.2 Å². The van der Waals surface area contributed by atoms with E-state index in [4.69, 9.17) is 9.47 Å². The zero-order valence-corrected chi connectivity index (χ0v) is 14.5. The van der Waals surface area contributed by atoms with Crippen LogP contribution in [0.4, 0.5) is 0 Å². The van der Waals surface area contributed by atoms with Gasteiger partial charge in [-0.1, -0.05) is 35.9 Å². The molecule has 2 saturated heterocycles. The number of carbonyl (C=O) groups excluding carboxylic acids is 1. The van der Waals surface area contributed by atoms with Crippen molar-refractivity contribution in [2.45, 2.75) is 44.3 Å². The maximum Gasteiger partial charge on any atom is 0.170 e. The summed E-state index contributed by atoms with van der Waals surface area (Å²) in [5.41, 5.74) is 3.70. The van der Waals surface area contributed by atoms with Gasteiger partial charge in [0, 0.05) is 0 Å². The van der Waals surface area contributed by atoms with Crippen molar-refractivity contribution in [1.82, 2.24) is 0 Å². The molecule has 2 bridgehead atoms. The number of hydrogen-bond acceptors (Lipinski definition) is 3. The third-order valence-electron chi connectivity index (χ3n) is 6.00. The van der Waals surface area contributed by atoms with Crippen molar-refractivity contribution in [2.24, 2.45) is 5.92 Å². The number of hydrogen-bond donors (Lipinski definition) is 0. The molecule has 3 heterocycles. The van der Waals surface area contributed by atoms with Gasteiger partial charge in [0.15, 0.2) is 5.78 Å². The number of ether oxygens (including phenoxy) is 2. The van der Waals surface area contributed by atoms with E-state index in [0.29, 0.717) is 17.9 Å². The van der Waals surface area contributed by atoms with Crippen molar-refractivity contribution >= 4 is 5.78 Å². The quantitative estimate of drug-likeness (QED) is 0.766. The summed E-state index contributed by atoms with van der Waals surface area (Å²) in [7, 11) is 0. The molecule has 1 saturated carbocycles. The Morgan fingerprint density at radius 1 is 1.08 bits per heavy atom. The van der Waals surface area contributed by atoms with Crippen LogP contribution in [0.2, 0.25) is 0 Å². The molecule has 0 amide bonds. The molecule has 2 aromatic rings. The highest BCUT2D eigenvalue weighted by Crippen LogP contribution is 2.48. The van der Waals surface area contributed by atoms with E-state index in [1.807, 2.05) is 18.2 Å². The molecule has 25 heavy (non-hydrogen) atoms. The fourth-order valence-electron chi connectivity index (χ4n) is 4.76. The summed E-state index contributed by atoms with van der Waals surface area (Å²) in [5, 5.41) is 0. The van der Waals surface area contributed by atoms with Gasteiger partial charge in [0.2, 0.25) is 0 Å². The van der Waals surface area contributed by atoms with E-state index < -0.39 is 5.60 Å². The Hall–Kier alpha value is -2.13. The zero-order valence-electron chi connectivity index (χ0n) is 14.5. The van der Waals surface area contributed by atoms with Crippen molar-refractivity contribution in [3.05, 3.63) is 53.6 Å². The summed E-state index contributed by atoms with van der Waals surface area (Å²) in [5.74, 6) is 1.45. The fourth-order valence-corrected chi connectivity index (χ4v) is 4.76. The summed E-state index contributed by atoms with van der Waals surface area (Å²) in [6, 6.07) is 14.4. The molecule has 128 valence electrons. The molecule has 0 aromatic heterocycles. The largest absolute Gasteiger partial charge is 0.483 e. The number of benzene rings is 2. The molecular formula is C22H22O3. The first-order chi connectivity index (χ1) is 12.1. The van der Waals surface area contributed by atoms with Crippen LogP contribution in [0.15, 0.2) is 42.5 Å². The number of carbonyl (C=O) groups is 1. The average molecular weight is 334 g/mol. The van der Waals surface area contributed by atoms with Crippen molar-refractivity contribution in [1.29, 1.82) is 0 Å². The second-order valence-corrected chi connectivity index (χ2v) is 7.82. The van der Waals surface area contributed by atoms with E-state index in [1.54, 1.807) is 0 Å². The highest BCUT2D eigenvalue weighted by molar-refractivity contribution is 6.01. The Balaban J connectivity index is 1.52. The van der Waals surface area contributed by atoms with Gasteiger partial charge < -0.3 is 9.47 Å². The van der Waals surface area contributed by atoms with Crippen LogP contribution in [0.25, 0.3) is 11.1 Å². The lowest BCUT2D eigenvalue weighted by atomic mass is 9.70. The average Bonchev–Trinajstić information content (AvgIpc) is 2.62. The summed E-state index contributed by atoms with van der Waals surface area (Å²) in [4.78, 5) is 13.0. The molecular weight excluding hydrogens is 312 g/mol. The van der Waals surface area contributed by atoms with Crippen molar-refractivity contribution in [3.8, 4) is 16.9 Å². The standard InChI is InChI=1S/C22H22O3/c1-14-3-2-4-16(9-14)17-6-7-20-18(10-17)19(23)12-22(25-20)11-15-5-8-21(22)24-13-15/h2-4,6-7,9-10,15,21H,5,8,11-13H2,1H3. The molecule has 0 N–H and O–H groups in total. The van der Waals surface area contributed by atoms with Gasteiger partial charge in [-0.05, 0) is 55.4 Å². The molecule has 0 radical (unpaired) electrons. The first-order valence-corrected chi connectivity index (χ1v) is 9.18. The van der Waals surface area contributed by atoms with E-state index in [0.717, 1.165) is 36.3 Å². The molecule has 1 aliphatic carbocycles. The van der Waals surface area contributed by atoms with E-state index in [1.165, 1.54) is 12.0 Å². The first-order valence-electron chi connectivity index (χ1n) is 9.18. The minimum absolute atomic E-state index is 0.0612. The summed E-state index contributed by atoms with van der Waals surface area (Å²) < 4.78 is 12.4. The summed E-state index contributed by atoms with van der Waals surface area (Å²) in [6.45, 7) is 2.90.